The van der Waals surface area contributed by atoms with Crippen LogP contribution in [0.15, 0.2) is 53.5 Å². The molecule has 1 N–H and O–H groups in total. The Kier molecular flexibility index (Phi) is 3.23. The minimum absolute atomic E-state index is 0.0673. The average Bonchev–Trinajstić information content (AvgIpc) is 2.87. The maximum absolute atomic E-state index is 13.3. The molecular weight excluding hydrogens is 307 g/mol. The standard InChI is InChI=1S/C19H15FN2O2/c1-11-8-12-4-2-7-15-17(12)22(11)10-16(18(15)23)19(24)21-14-6-3-5-13(20)9-14/h2-7,9-11H,8H2,1H3,(H,21,24). The van der Waals surface area contributed by atoms with Gasteiger partial charge in [0.2, 0.25) is 5.43 Å². The molecule has 1 aliphatic heterocycles. The van der Waals surface area contributed by atoms with Gasteiger partial charge in [-0.15, -0.1) is 0 Å². The summed E-state index contributed by atoms with van der Waals surface area (Å²) < 4.78 is 15.2. The van der Waals surface area contributed by atoms with Gasteiger partial charge in [0.1, 0.15) is 11.4 Å². The molecule has 0 bridgehead atoms. The Morgan fingerprint density at radius 1 is 1.25 bits per heavy atom. The highest BCUT2D eigenvalue weighted by Crippen LogP contribution is 2.30. The van der Waals surface area contributed by atoms with Gasteiger partial charge in [-0.3, -0.25) is 9.59 Å². The molecule has 2 aromatic carbocycles. The van der Waals surface area contributed by atoms with Gasteiger partial charge < -0.3 is 9.88 Å². The Morgan fingerprint density at radius 3 is 2.83 bits per heavy atom. The number of pyridine rings is 1. The molecule has 1 unspecified atom stereocenters. The molecule has 4 rings (SSSR count). The van der Waals surface area contributed by atoms with E-state index in [-0.39, 0.29) is 17.0 Å². The normalized spacial score (nSPS) is 15.7. The Labute approximate surface area is 137 Å². The number of aromatic nitrogens is 1. The van der Waals surface area contributed by atoms with Crippen LogP contribution < -0.4 is 10.7 Å². The van der Waals surface area contributed by atoms with Crippen molar-refractivity contribution in [2.24, 2.45) is 0 Å². The first-order chi connectivity index (χ1) is 11.5. The molecule has 0 radical (unpaired) electrons. The van der Waals surface area contributed by atoms with E-state index in [0.717, 1.165) is 17.5 Å². The van der Waals surface area contributed by atoms with Crippen LogP contribution in [0.25, 0.3) is 10.9 Å². The number of rotatable bonds is 2. The molecule has 0 spiro atoms. The predicted molar refractivity (Wildman–Crippen MR) is 91.0 cm³/mol. The zero-order valence-corrected chi connectivity index (χ0v) is 13.0. The maximum atomic E-state index is 13.3. The van der Waals surface area contributed by atoms with Crippen molar-refractivity contribution < 1.29 is 9.18 Å². The van der Waals surface area contributed by atoms with E-state index in [1.165, 1.54) is 18.2 Å². The highest BCUT2D eigenvalue weighted by Gasteiger charge is 2.24. The first-order valence-corrected chi connectivity index (χ1v) is 7.78. The third kappa shape index (κ3) is 2.21. The minimum Gasteiger partial charge on any atom is -0.343 e. The van der Waals surface area contributed by atoms with Crippen molar-refractivity contribution >= 4 is 22.5 Å². The number of nitrogens with zero attached hydrogens (tertiary/aromatic N) is 1. The van der Waals surface area contributed by atoms with Crippen LogP contribution in [0.1, 0.15) is 28.9 Å². The summed E-state index contributed by atoms with van der Waals surface area (Å²) in [6.07, 6.45) is 2.45. The van der Waals surface area contributed by atoms with Crippen molar-refractivity contribution in [1.82, 2.24) is 4.57 Å². The van der Waals surface area contributed by atoms with E-state index >= 15 is 0 Å². The topological polar surface area (TPSA) is 51.1 Å². The van der Waals surface area contributed by atoms with Crippen molar-refractivity contribution in [2.75, 3.05) is 5.32 Å². The molecule has 1 aromatic heterocycles. The van der Waals surface area contributed by atoms with E-state index in [1.54, 1.807) is 18.3 Å². The third-order valence-corrected chi connectivity index (χ3v) is 4.45. The summed E-state index contributed by atoms with van der Waals surface area (Å²) in [6, 6.07) is 11.4. The fourth-order valence-corrected chi connectivity index (χ4v) is 3.34. The lowest BCUT2D eigenvalue weighted by Crippen LogP contribution is -2.23. The highest BCUT2D eigenvalue weighted by atomic mass is 19.1. The number of halogens is 1. The third-order valence-electron chi connectivity index (χ3n) is 4.45. The van der Waals surface area contributed by atoms with Gasteiger partial charge in [-0.05, 0) is 43.2 Å². The second kappa shape index (κ2) is 5.30. The van der Waals surface area contributed by atoms with Gasteiger partial charge in [0, 0.05) is 23.3 Å². The lowest BCUT2D eigenvalue weighted by molar-refractivity contribution is 0.102. The SMILES string of the molecule is CC1Cc2cccc3c(=O)c(C(=O)Nc4cccc(F)c4)cn1c23. The van der Waals surface area contributed by atoms with Crippen LogP contribution in [0, 0.1) is 5.82 Å². The van der Waals surface area contributed by atoms with Crippen LogP contribution in [0.4, 0.5) is 10.1 Å². The van der Waals surface area contributed by atoms with Gasteiger partial charge in [-0.25, -0.2) is 4.39 Å². The maximum Gasteiger partial charge on any atom is 0.261 e. The van der Waals surface area contributed by atoms with Crippen molar-refractivity contribution in [3.05, 3.63) is 75.8 Å². The summed E-state index contributed by atoms with van der Waals surface area (Å²) in [4.78, 5) is 25.3. The van der Waals surface area contributed by atoms with Gasteiger partial charge in [-0.2, -0.15) is 0 Å². The summed E-state index contributed by atoms with van der Waals surface area (Å²) in [6.45, 7) is 2.05. The van der Waals surface area contributed by atoms with Crippen molar-refractivity contribution in [3.63, 3.8) is 0 Å². The Bertz CT molecular complexity index is 1040. The van der Waals surface area contributed by atoms with E-state index in [0.29, 0.717) is 11.1 Å². The number of carbonyl (C=O) groups is 1. The van der Waals surface area contributed by atoms with E-state index < -0.39 is 11.7 Å². The van der Waals surface area contributed by atoms with Gasteiger partial charge in [0.15, 0.2) is 0 Å². The van der Waals surface area contributed by atoms with Crippen LogP contribution in [0.5, 0.6) is 0 Å². The second-order valence-corrected chi connectivity index (χ2v) is 6.11. The van der Waals surface area contributed by atoms with E-state index in [9.17, 15) is 14.0 Å². The number of carbonyl (C=O) groups excluding carboxylic acids is 1. The Morgan fingerprint density at radius 2 is 2.04 bits per heavy atom. The summed E-state index contributed by atoms with van der Waals surface area (Å²) >= 11 is 0. The van der Waals surface area contributed by atoms with E-state index in [2.05, 4.69) is 12.2 Å². The minimum atomic E-state index is -0.527. The van der Waals surface area contributed by atoms with Crippen molar-refractivity contribution in [1.29, 1.82) is 0 Å². The molecule has 2 heterocycles. The quantitative estimate of drug-likeness (QED) is 0.785. The Balaban J connectivity index is 1.82. The van der Waals surface area contributed by atoms with Crippen LogP contribution in [-0.2, 0) is 6.42 Å². The van der Waals surface area contributed by atoms with Gasteiger partial charge in [0.05, 0.1) is 5.52 Å². The number of nitrogens with one attached hydrogen (secondary N) is 1. The van der Waals surface area contributed by atoms with Crippen LogP contribution in [0.3, 0.4) is 0 Å². The van der Waals surface area contributed by atoms with E-state index in [1.807, 2.05) is 16.7 Å². The molecule has 1 amide bonds. The van der Waals surface area contributed by atoms with E-state index in [4.69, 9.17) is 0 Å². The monoisotopic (exact) mass is 322 g/mol. The summed E-state index contributed by atoms with van der Waals surface area (Å²) in [5.74, 6) is -0.972. The van der Waals surface area contributed by atoms with Crippen molar-refractivity contribution in [2.45, 2.75) is 19.4 Å². The van der Waals surface area contributed by atoms with Crippen LogP contribution in [-0.4, -0.2) is 10.5 Å². The lowest BCUT2D eigenvalue weighted by atomic mass is 10.1. The largest absolute Gasteiger partial charge is 0.343 e. The molecular formula is C19H15FN2O2. The first-order valence-electron chi connectivity index (χ1n) is 7.78. The molecule has 1 aliphatic rings. The Hall–Kier alpha value is -2.95. The molecule has 0 saturated heterocycles. The molecule has 24 heavy (non-hydrogen) atoms. The number of hydrogen-bond donors (Lipinski definition) is 1. The first kappa shape index (κ1) is 14.6. The number of amides is 1. The molecule has 1 atom stereocenters. The zero-order chi connectivity index (χ0) is 16.8. The number of anilines is 1. The summed E-state index contributed by atoms with van der Waals surface area (Å²) in [5, 5.41) is 3.14. The second-order valence-electron chi connectivity index (χ2n) is 6.11. The number of hydrogen-bond acceptors (Lipinski definition) is 2. The lowest BCUT2D eigenvalue weighted by Gasteiger charge is -2.12. The molecule has 5 heteroatoms. The number of benzene rings is 2. The van der Waals surface area contributed by atoms with Gasteiger partial charge >= 0.3 is 0 Å². The fraction of sp³-hybridized carbons (Fsp3) is 0.158. The zero-order valence-electron chi connectivity index (χ0n) is 13.0. The van der Waals surface area contributed by atoms with Crippen LogP contribution >= 0.6 is 0 Å². The number of para-hydroxylation sites is 1. The highest BCUT2D eigenvalue weighted by molar-refractivity contribution is 6.06. The molecule has 4 nitrogen and oxygen atoms in total. The summed E-state index contributed by atoms with van der Waals surface area (Å²) in [5.41, 5.74) is 2.11. The van der Waals surface area contributed by atoms with Crippen molar-refractivity contribution in [3.8, 4) is 0 Å². The van der Waals surface area contributed by atoms with Crippen LogP contribution in [0.2, 0.25) is 0 Å². The molecule has 3 aromatic rings. The average molecular weight is 322 g/mol. The molecule has 0 saturated carbocycles. The molecule has 120 valence electrons. The molecule has 0 fully saturated rings. The van der Waals surface area contributed by atoms with Gasteiger partial charge in [0.25, 0.3) is 5.91 Å². The summed E-state index contributed by atoms with van der Waals surface area (Å²) in [7, 11) is 0. The molecule has 0 aliphatic carbocycles. The van der Waals surface area contributed by atoms with Gasteiger partial charge in [-0.1, -0.05) is 18.2 Å². The predicted octanol–water partition coefficient (Wildman–Crippen LogP) is 3.51. The smallest absolute Gasteiger partial charge is 0.261 e. The fourth-order valence-electron chi connectivity index (χ4n) is 3.34.